The minimum Gasteiger partial charge on any atom is -0.481 e. The molecule has 2 saturated heterocycles. The third-order valence-corrected chi connectivity index (χ3v) is 8.08. The predicted octanol–water partition coefficient (Wildman–Crippen LogP) is 6.08. The predicted molar refractivity (Wildman–Crippen MR) is 130 cm³/mol. The zero-order valence-electron chi connectivity index (χ0n) is 18.5. The highest BCUT2D eigenvalue weighted by molar-refractivity contribution is 6.39. The van der Waals surface area contributed by atoms with Crippen LogP contribution in [0.5, 0.6) is 0 Å². The number of para-hydroxylation sites is 1. The van der Waals surface area contributed by atoms with Crippen LogP contribution in [0, 0.1) is 12.8 Å². The molecule has 0 spiro atoms. The molecular weight excluding hydrogens is 443 g/mol. The van der Waals surface area contributed by atoms with Gasteiger partial charge < -0.3 is 10.0 Å². The highest BCUT2D eigenvalue weighted by Gasteiger charge is 2.34. The van der Waals surface area contributed by atoms with Gasteiger partial charge in [0.25, 0.3) is 0 Å². The van der Waals surface area contributed by atoms with Crippen molar-refractivity contribution in [1.29, 1.82) is 0 Å². The molecule has 1 aliphatic carbocycles. The van der Waals surface area contributed by atoms with Gasteiger partial charge in [0, 0.05) is 25.6 Å². The van der Waals surface area contributed by atoms with Crippen molar-refractivity contribution in [1.82, 2.24) is 4.90 Å². The third kappa shape index (κ3) is 4.37. The largest absolute Gasteiger partial charge is 0.481 e. The first-order chi connectivity index (χ1) is 15.4. The zero-order valence-corrected chi connectivity index (χ0v) is 20.0. The number of carboxylic acids is 1. The number of aryl methyl sites for hydroxylation is 1. The number of rotatable bonds is 6. The van der Waals surface area contributed by atoms with Crippen molar-refractivity contribution in [2.45, 2.75) is 51.0 Å². The summed E-state index contributed by atoms with van der Waals surface area (Å²) in [5.74, 6) is 0.371. The maximum absolute atomic E-state index is 11.3. The second-order valence-electron chi connectivity index (χ2n) is 9.74. The lowest BCUT2D eigenvalue weighted by Gasteiger charge is -2.42. The van der Waals surface area contributed by atoms with Gasteiger partial charge in [-0.3, -0.25) is 9.69 Å². The van der Waals surface area contributed by atoms with Crippen LogP contribution in [0.4, 0.5) is 5.69 Å². The number of anilines is 1. The molecule has 0 amide bonds. The summed E-state index contributed by atoms with van der Waals surface area (Å²) in [6.45, 7) is 6.81. The molecule has 0 atom stereocenters. The van der Waals surface area contributed by atoms with Crippen LogP contribution in [-0.2, 0) is 11.3 Å². The molecule has 2 aromatic rings. The van der Waals surface area contributed by atoms with Gasteiger partial charge in [0.15, 0.2) is 0 Å². The second-order valence-corrected chi connectivity index (χ2v) is 10.6. The highest BCUT2D eigenvalue weighted by atomic mass is 35.5. The van der Waals surface area contributed by atoms with E-state index in [0.29, 0.717) is 21.9 Å². The number of carboxylic acid groups (broad SMARTS) is 1. The molecule has 3 fully saturated rings. The molecule has 1 N–H and O–H groups in total. The summed E-state index contributed by atoms with van der Waals surface area (Å²) in [5.41, 5.74) is 6.74. The fraction of sp³-hybridized carbons (Fsp3) is 0.500. The second kappa shape index (κ2) is 8.89. The number of benzene rings is 2. The molecule has 5 rings (SSSR count). The molecule has 2 aliphatic heterocycles. The lowest BCUT2D eigenvalue weighted by molar-refractivity contribution is -0.143. The first-order valence-electron chi connectivity index (χ1n) is 11.7. The number of hydrogen-bond acceptors (Lipinski definition) is 3. The van der Waals surface area contributed by atoms with Gasteiger partial charge in [-0.25, -0.2) is 0 Å². The Hall–Kier alpha value is -1.75. The molecule has 6 heteroatoms. The van der Waals surface area contributed by atoms with E-state index in [1.807, 2.05) is 18.2 Å². The maximum Gasteiger partial charge on any atom is 0.306 e. The van der Waals surface area contributed by atoms with E-state index in [2.05, 4.69) is 28.9 Å². The van der Waals surface area contributed by atoms with Crippen LogP contribution >= 0.6 is 23.2 Å². The smallest absolute Gasteiger partial charge is 0.306 e. The Bertz CT molecular complexity index is 1000. The van der Waals surface area contributed by atoms with Crippen molar-refractivity contribution in [3.8, 4) is 0 Å². The van der Waals surface area contributed by atoms with E-state index in [1.165, 1.54) is 35.1 Å². The van der Waals surface area contributed by atoms with Gasteiger partial charge in [0.2, 0.25) is 0 Å². The number of nitrogens with zero attached hydrogens (tertiary/aromatic N) is 2. The van der Waals surface area contributed by atoms with E-state index in [9.17, 15) is 9.90 Å². The Balaban J connectivity index is 1.31. The highest BCUT2D eigenvalue weighted by Crippen LogP contribution is 2.46. The van der Waals surface area contributed by atoms with E-state index in [-0.39, 0.29) is 5.92 Å². The van der Waals surface area contributed by atoms with Gasteiger partial charge in [-0.05, 0) is 86.0 Å². The summed E-state index contributed by atoms with van der Waals surface area (Å²) in [5, 5.41) is 10.7. The molecule has 0 radical (unpaired) electrons. The first kappa shape index (κ1) is 22.1. The van der Waals surface area contributed by atoms with Gasteiger partial charge in [-0.15, -0.1) is 0 Å². The number of carbonyl (C=O) groups is 1. The number of hydrogen-bond donors (Lipinski definition) is 1. The molecule has 0 bridgehead atoms. The van der Waals surface area contributed by atoms with E-state index < -0.39 is 5.97 Å². The molecule has 170 valence electrons. The molecule has 2 aromatic carbocycles. The van der Waals surface area contributed by atoms with Gasteiger partial charge in [0.05, 0.1) is 21.7 Å². The maximum atomic E-state index is 11.3. The van der Waals surface area contributed by atoms with Gasteiger partial charge in [-0.1, -0.05) is 41.4 Å². The zero-order chi connectivity index (χ0) is 22.4. The molecule has 3 aliphatic rings. The van der Waals surface area contributed by atoms with Crippen LogP contribution in [0.25, 0.3) is 0 Å². The minimum atomic E-state index is -0.642. The van der Waals surface area contributed by atoms with E-state index in [1.54, 1.807) is 0 Å². The van der Waals surface area contributed by atoms with Crippen LogP contribution in [0.2, 0.25) is 10.0 Å². The van der Waals surface area contributed by atoms with Crippen molar-refractivity contribution < 1.29 is 9.90 Å². The summed E-state index contributed by atoms with van der Waals surface area (Å²) in [4.78, 5) is 16.0. The Morgan fingerprint density at radius 2 is 1.69 bits per heavy atom. The van der Waals surface area contributed by atoms with Gasteiger partial charge in [-0.2, -0.15) is 0 Å². The van der Waals surface area contributed by atoms with Crippen molar-refractivity contribution >= 4 is 34.9 Å². The molecular formula is C26H30Cl2N2O2. The van der Waals surface area contributed by atoms with E-state index in [4.69, 9.17) is 23.2 Å². The SMILES string of the molecule is Cc1cc(C2CN(c3c(Cl)cccc3Cl)C2)cc(C2CC2)c1CN1CCC(C(=O)O)CC1. The topological polar surface area (TPSA) is 43.8 Å². The van der Waals surface area contributed by atoms with E-state index >= 15 is 0 Å². The molecule has 4 nitrogen and oxygen atoms in total. The summed E-state index contributed by atoms with van der Waals surface area (Å²) >= 11 is 12.8. The monoisotopic (exact) mass is 472 g/mol. The Kier molecular flexibility index (Phi) is 6.13. The van der Waals surface area contributed by atoms with Crippen molar-refractivity contribution in [2.75, 3.05) is 31.1 Å². The van der Waals surface area contributed by atoms with Crippen LogP contribution < -0.4 is 4.90 Å². The Morgan fingerprint density at radius 3 is 2.28 bits per heavy atom. The average molecular weight is 473 g/mol. The Labute approximate surface area is 200 Å². The van der Waals surface area contributed by atoms with Crippen molar-refractivity contribution in [3.05, 3.63) is 62.6 Å². The average Bonchev–Trinajstić information content (AvgIpc) is 3.56. The summed E-state index contributed by atoms with van der Waals surface area (Å²) in [7, 11) is 0. The van der Waals surface area contributed by atoms with Crippen LogP contribution in [0.3, 0.4) is 0 Å². The summed E-state index contributed by atoms with van der Waals surface area (Å²) < 4.78 is 0. The lowest BCUT2D eigenvalue weighted by atomic mass is 9.85. The quantitative estimate of drug-likeness (QED) is 0.552. The normalized spacial score (nSPS) is 20.4. The van der Waals surface area contributed by atoms with Crippen molar-refractivity contribution in [3.63, 3.8) is 0 Å². The number of likely N-dealkylation sites (tertiary alicyclic amines) is 1. The third-order valence-electron chi connectivity index (χ3n) is 7.47. The molecule has 0 aromatic heterocycles. The minimum absolute atomic E-state index is 0.175. The van der Waals surface area contributed by atoms with Crippen LogP contribution in [0.1, 0.15) is 59.8 Å². The fourth-order valence-corrected chi connectivity index (χ4v) is 5.94. The van der Waals surface area contributed by atoms with Gasteiger partial charge >= 0.3 is 5.97 Å². The molecule has 1 saturated carbocycles. The standard InChI is InChI=1S/C26H30Cl2N2O2/c1-16-11-19(20-13-30(14-20)25-23(27)3-2-4-24(25)28)12-21(17-5-6-17)22(16)15-29-9-7-18(8-10-29)26(31)32/h2-4,11-12,17-18,20H,5-10,13-15H2,1H3,(H,31,32). The molecule has 32 heavy (non-hydrogen) atoms. The fourth-order valence-electron chi connectivity index (χ4n) is 5.31. The first-order valence-corrected chi connectivity index (χ1v) is 12.4. The Morgan fingerprint density at radius 1 is 1.03 bits per heavy atom. The number of aliphatic carboxylic acids is 1. The van der Waals surface area contributed by atoms with Crippen LogP contribution in [0.15, 0.2) is 30.3 Å². The molecule has 2 heterocycles. The summed E-state index contributed by atoms with van der Waals surface area (Å²) in [6, 6.07) is 10.5. The number of piperidine rings is 1. The van der Waals surface area contributed by atoms with E-state index in [0.717, 1.165) is 51.3 Å². The van der Waals surface area contributed by atoms with Crippen LogP contribution in [-0.4, -0.2) is 42.2 Å². The van der Waals surface area contributed by atoms with Gasteiger partial charge in [0.1, 0.15) is 0 Å². The van der Waals surface area contributed by atoms with Crippen molar-refractivity contribution in [2.24, 2.45) is 5.92 Å². The molecule has 0 unspecified atom stereocenters. The summed E-state index contributed by atoms with van der Waals surface area (Å²) in [6.07, 6.45) is 4.08. The lowest BCUT2D eigenvalue weighted by Crippen LogP contribution is -2.45. The number of halogens is 2.